The minimum Gasteiger partial charge on any atom is -0.325 e. The maximum absolute atomic E-state index is 12.9. The largest absolute Gasteiger partial charge is 0.416 e. The van der Waals surface area contributed by atoms with E-state index in [1.54, 1.807) is 0 Å². The number of halogens is 7. The van der Waals surface area contributed by atoms with Gasteiger partial charge in [-0.3, -0.25) is 14.2 Å². The number of nitrogens with zero attached hydrogens (tertiary/aromatic N) is 2. The number of hydrogen-bond acceptors (Lipinski definition) is 3. The molecule has 0 bridgehead atoms. The van der Waals surface area contributed by atoms with Gasteiger partial charge in [0.2, 0.25) is 5.91 Å². The van der Waals surface area contributed by atoms with Crippen LogP contribution in [0.4, 0.5) is 32.0 Å². The molecule has 0 unspecified atom stereocenters. The quantitative estimate of drug-likeness (QED) is 0.588. The van der Waals surface area contributed by atoms with Crippen molar-refractivity contribution < 1.29 is 31.1 Å². The van der Waals surface area contributed by atoms with Gasteiger partial charge in [-0.15, -0.1) is 0 Å². The molecule has 158 valence electrons. The first-order chi connectivity index (χ1) is 13.8. The Morgan fingerprint density at radius 2 is 1.60 bits per heavy atom. The standard InChI is InChI=1S/C18H10ClF6N3O2/c19-11-1-2-13-14(6-11)26-8-28(16(13)30)7-15(29)27-12-4-9(17(20,21)22)3-10(5-12)18(23,24)25/h1-6,8H,7H2,(H,27,29). The van der Waals surface area contributed by atoms with Crippen molar-refractivity contribution >= 4 is 34.1 Å². The van der Waals surface area contributed by atoms with Crippen molar-refractivity contribution in [3.63, 3.8) is 0 Å². The topological polar surface area (TPSA) is 64.0 Å². The molecular weight excluding hydrogens is 440 g/mol. The van der Waals surface area contributed by atoms with Crippen molar-refractivity contribution in [2.75, 3.05) is 5.32 Å². The fourth-order valence-corrected chi connectivity index (χ4v) is 2.79. The molecular formula is C18H10ClF6N3O2. The van der Waals surface area contributed by atoms with Gasteiger partial charge in [-0.25, -0.2) is 4.98 Å². The van der Waals surface area contributed by atoms with Crippen LogP contribution in [0.25, 0.3) is 10.9 Å². The second-order valence-electron chi connectivity index (χ2n) is 6.18. The smallest absolute Gasteiger partial charge is 0.325 e. The van der Waals surface area contributed by atoms with E-state index < -0.39 is 47.2 Å². The summed E-state index contributed by atoms with van der Waals surface area (Å²) in [5.74, 6) is -1.01. The Labute approximate surface area is 168 Å². The maximum atomic E-state index is 12.9. The van der Waals surface area contributed by atoms with E-state index in [1.807, 2.05) is 5.32 Å². The van der Waals surface area contributed by atoms with Crippen LogP contribution in [0, 0.1) is 0 Å². The average molecular weight is 450 g/mol. The minimum atomic E-state index is -5.05. The van der Waals surface area contributed by atoms with Crippen LogP contribution in [0.3, 0.4) is 0 Å². The number of hydrogen-bond donors (Lipinski definition) is 1. The summed E-state index contributed by atoms with van der Waals surface area (Å²) in [6.07, 6.45) is -9.09. The molecule has 5 nitrogen and oxygen atoms in total. The van der Waals surface area contributed by atoms with E-state index >= 15 is 0 Å². The molecule has 0 saturated heterocycles. The van der Waals surface area contributed by atoms with Crippen LogP contribution in [-0.4, -0.2) is 15.5 Å². The van der Waals surface area contributed by atoms with E-state index in [0.29, 0.717) is 17.2 Å². The van der Waals surface area contributed by atoms with Crippen LogP contribution in [0.15, 0.2) is 47.5 Å². The van der Waals surface area contributed by atoms with Gasteiger partial charge in [-0.05, 0) is 36.4 Å². The van der Waals surface area contributed by atoms with Gasteiger partial charge in [0.05, 0.1) is 28.4 Å². The van der Waals surface area contributed by atoms with Crippen LogP contribution in [-0.2, 0) is 23.7 Å². The highest BCUT2D eigenvalue weighted by molar-refractivity contribution is 6.31. The SMILES string of the molecule is O=C(Cn1cnc2cc(Cl)ccc2c1=O)Nc1cc(C(F)(F)F)cc(C(F)(F)F)c1. The van der Waals surface area contributed by atoms with Gasteiger partial charge in [-0.1, -0.05) is 11.6 Å². The second kappa shape index (κ2) is 7.63. The molecule has 0 aliphatic carbocycles. The van der Waals surface area contributed by atoms with Gasteiger partial charge >= 0.3 is 12.4 Å². The molecule has 1 heterocycles. The molecule has 30 heavy (non-hydrogen) atoms. The fourth-order valence-electron chi connectivity index (χ4n) is 2.63. The van der Waals surface area contributed by atoms with Gasteiger partial charge < -0.3 is 5.32 Å². The van der Waals surface area contributed by atoms with Crippen molar-refractivity contribution in [2.24, 2.45) is 0 Å². The van der Waals surface area contributed by atoms with Crippen LogP contribution in [0.1, 0.15) is 11.1 Å². The molecule has 0 fully saturated rings. The lowest BCUT2D eigenvalue weighted by Gasteiger charge is -2.15. The first kappa shape index (κ1) is 21.6. The molecule has 0 radical (unpaired) electrons. The lowest BCUT2D eigenvalue weighted by molar-refractivity contribution is -0.143. The molecule has 1 N–H and O–H groups in total. The number of nitrogens with one attached hydrogen (secondary N) is 1. The van der Waals surface area contributed by atoms with E-state index in [2.05, 4.69) is 4.98 Å². The van der Waals surface area contributed by atoms with E-state index in [1.165, 1.54) is 18.2 Å². The summed E-state index contributed by atoms with van der Waals surface area (Å²) >= 11 is 5.80. The van der Waals surface area contributed by atoms with Gasteiger partial charge in [-0.2, -0.15) is 26.3 Å². The summed E-state index contributed by atoms with van der Waals surface area (Å²) in [4.78, 5) is 28.5. The normalized spacial score (nSPS) is 12.2. The Hall–Kier alpha value is -3.08. The zero-order valence-electron chi connectivity index (χ0n) is 14.6. The third-order valence-electron chi connectivity index (χ3n) is 3.97. The molecule has 0 atom stereocenters. The van der Waals surface area contributed by atoms with E-state index in [4.69, 9.17) is 11.6 Å². The fraction of sp³-hybridized carbons (Fsp3) is 0.167. The monoisotopic (exact) mass is 449 g/mol. The zero-order chi connectivity index (χ0) is 22.3. The third kappa shape index (κ3) is 4.73. The number of aromatic nitrogens is 2. The molecule has 1 aromatic heterocycles. The van der Waals surface area contributed by atoms with Gasteiger partial charge in [0.1, 0.15) is 6.54 Å². The van der Waals surface area contributed by atoms with Crippen LogP contribution in [0.2, 0.25) is 5.02 Å². The highest BCUT2D eigenvalue weighted by Gasteiger charge is 2.37. The van der Waals surface area contributed by atoms with Crippen molar-refractivity contribution in [3.05, 3.63) is 69.2 Å². The van der Waals surface area contributed by atoms with E-state index in [-0.39, 0.29) is 17.0 Å². The van der Waals surface area contributed by atoms with Gasteiger partial charge in [0.15, 0.2) is 0 Å². The number of amides is 1. The third-order valence-corrected chi connectivity index (χ3v) is 4.21. The summed E-state index contributed by atoms with van der Waals surface area (Å²) < 4.78 is 78.3. The highest BCUT2D eigenvalue weighted by Crippen LogP contribution is 2.37. The molecule has 12 heteroatoms. The molecule has 0 aliphatic rings. The van der Waals surface area contributed by atoms with Gasteiger partial charge in [0.25, 0.3) is 5.56 Å². The minimum absolute atomic E-state index is 0.0570. The van der Waals surface area contributed by atoms with Crippen LogP contribution < -0.4 is 10.9 Å². The van der Waals surface area contributed by atoms with Crippen LogP contribution >= 0.6 is 11.6 Å². The Kier molecular flexibility index (Phi) is 5.50. The number of alkyl halides is 6. The molecule has 0 saturated carbocycles. The molecule has 3 rings (SSSR count). The summed E-state index contributed by atoms with van der Waals surface area (Å²) in [5.41, 5.74) is -4.23. The summed E-state index contributed by atoms with van der Waals surface area (Å²) in [5, 5.41) is 2.41. The lowest BCUT2D eigenvalue weighted by Crippen LogP contribution is -2.28. The molecule has 3 aromatic rings. The number of carbonyl (C=O) groups excluding carboxylic acids is 1. The Morgan fingerprint density at radius 3 is 2.17 bits per heavy atom. The van der Waals surface area contributed by atoms with Crippen molar-refractivity contribution in [3.8, 4) is 0 Å². The van der Waals surface area contributed by atoms with Crippen molar-refractivity contribution in [1.29, 1.82) is 0 Å². The number of carbonyl (C=O) groups is 1. The summed E-state index contributed by atoms with van der Waals surface area (Å²) in [6, 6.07) is 4.91. The number of benzene rings is 2. The van der Waals surface area contributed by atoms with E-state index in [9.17, 15) is 35.9 Å². The van der Waals surface area contributed by atoms with Crippen molar-refractivity contribution in [1.82, 2.24) is 9.55 Å². The summed E-state index contributed by atoms with van der Waals surface area (Å²) in [6.45, 7) is -0.679. The predicted octanol–water partition coefficient (Wildman–Crippen LogP) is 4.73. The Morgan fingerprint density at radius 1 is 1.00 bits per heavy atom. The Bertz CT molecular complexity index is 1150. The second-order valence-corrected chi connectivity index (χ2v) is 6.62. The zero-order valence-corrected chi connectivity index (χ0v) is 15.4. The average Bonchev–Trinajstić information content (AvgIpc) is 2.62. The Balaban J connectivity index is 1.89. The lowest BCUT2D eigenvalue weighted by atomic mass is 10.1. The van der Waals surface area contributed by atoms with Crippen molar-refractivity contribution in [2.45, 2.75) is 18.9 Å². The molecule has 2 aromatic carbocycles. The maximum Gasteiger partial charge on any atom is 0.416 e. The number of rotatable bonds is 3. The highest BCUT2D eigenvalue weighted by atomic mass is 35.5. The molecule has 0 spiro atoms. The number of fused-ring (bicyclic) bond motifs is 1. The predicted molar refractivity (Wildman–Crippen MR) is 96.1 cm³/mol. The first-order valence-corrected chi connectivity index (χ1v) is 8.46. The van der Waals surface area contributed by atoms with Gasteiger partial charge in [0, 0.05) is 10.7 Å². The van der Waals surface area contributed by atoms with Crippen LogP contribution in [0.5, 0.6) is 0 Å². The molecule has 0 aliphatic heterocycles. The first-order valence-electron chi connectivity index (χ1n) is 8.08. The van der Waals surface area contributed by atoms with E-state index in [0.717, 1.165) is 10.9 Å². The number of anilines is 1. The molecule has 1 amide bonds. The summed E-state index contributed by atoms with van der Waals surface area (Å²) in [7, 11) is 0.